The van der Waals surface area contributed by atoms with Crippen LogP contribution in [0.4, 0.5) is 11.8 Å². The van der Waals surface area contributed by atoms with Gasteiger partial charge in [-0.1, -0.05) is 18.6 Å². The summed E-state index contributed by atoms with van der Waals surface area (Å²) in [6.45, 7) is 3.84. The fraction of sp³-hybridized carbons (Fsp3) is 0.389. The number of nitrogens with zero attached hydrogens (tertiary/aromatic N) is 4. The van der Waals surface area contributed by atoms with E-state index in [1.807, 2.05) is 30.3 Å². The Morgan fingerprint density at radius 2 is 1.96 bits per heavy atom. The molecule has 2 aromatic rings. The summed E-state index contributed by atoms with van der Waals surface area (Å²) in [6.07, 6.45) is 3.86. The lowest BCUT2D eigenvalue weighted by molar-refractivity contribution is 0.183. The summed E-state index contributed by atoms with van der Waals surface area (Å²) in [7, 11) is 0. The van der Waals surface area contributed by atoms with Crippen LogP contribution in [0.3, 0.4) is 0 Å². The average molecular weight is 338 g/mol. The number of aromatic nitrogens is 2. The van der Waals surface area contributed by atoms with Gasteiger partial charge >= 0.3 is 0 Å². The predicted octanol–water partition coefficient (Wildman–Crippen LogP) is 2.04. The fourth-order valence-corrected chi connectivity index (χ4v) is 3.02. The first-order chi connectivity index (χ1) is 12.2. The standard InChI is InChI=1S/C18H22N6O/c19-12-15-16(22-18(21)23-17(15)20)13-5-4-6-14(11-13)25-10-9-24-7-2-1-3-8-24/h4-6,11H,1-3,7-10H2,(H4,20,21,22,23). The van der Waals surface area contributed by atoms with Crippen LogP contribution in [0.2, 0.25) is 0 Å². The maximum atomic E-state index is 9.32. The van der Waals surface area contributed by atoms with E-state index in [-0.39, 0.29) is 17.3 Å². The number of likely N-dealkylation sites (tertiary alicyclic amines) is 1. The van der Waals surface area contributed by atoms with E-state index in [4.69, 9.17) is 16.2 Å². The van der Waals surface area contributed by atoms with Crippen molar-refractivity contribution in [3.63, 3.8) is 0 Å². The number of nitriles is 1. The normalized spacial score (nSPS) is 14.8. The molecule has 1 aromatic heterocycles. The maximum absolute atomic E-state index is 9.32. The molecule has 1 aliphatic rings. The SMILES string of the molecule is N#Cc1c(N)nc(N)nc1-c1cccc(OCCN2CCCCC2)c1. The molecule has 7 nitrogen and oxygen atoms in total. The molecule has 1 aromatic carbocycles. The minimum atomic E-state index is 0.0444. The van der Waals surface area contributed by atoms with Gasteiger partial charge < -0.3 is 16.2 Å². The van der Waals surface area contributed by atoms with Crippen molar-refractivity contribution in [2.24, 2.45) is 0 Å². The van der Waals surface area contributed by atoms with Crippen LogP contribution in [-0.2, 0) is 0 Å². The predicted molar refractivity (Wildman–Crippen MR) is 96.8 cm³/mol. The molecule has 0 aliphatic carbocycles. The van der Waals surface area contributed by atoms with Gasteiger partial charge in [-0.2, -0.15) is 10.2 Å². The van der Waals surface area contributed by atoms with E-state index >= 15 is 0 Å². The van der Waals surface area contributed by atoms with Crippen molar-refractivity contribution >= 4 is 11.8 Å². The second-order valence-electron chi connectivity index (χ2n) is 6.08. The van der Waals surface area contributed by atoms with E-state index < -0.39 is 0 Å². The Kier molecular flexibility index (Phi) is 5.31. The Morgan fingerprint density at radius 3 is 2.72 bits per heavy atom. The van der Waals surface area contributed by atoms with E-state index in [0.29, 0.717) is 12.3 Å². The molecule has 1 saturated heterocycles. The summed E-state index contributed by atoms with van der Waals surface area (Å²) < 4.78 is 5.87. The van der Waals surface area contributed by atoms with Gasteiger partial charge in [0.2, 0.25) is 5.95 Å². The number of rotatable bonds is 5. The minimum Gasteiger partial charge on any atom is -0.492 e. The number of anilines is 2. The zero-order valence-electron chi connectivity index (χ0n) is 14.1. The fourth-order valence-electron chi connectivity index (χ4n) is 3.02. The van der Waals surface area contributed by atoms with Crippen LogP contribution in [0.1, 0.15) is 24.8 Å². The lowest BCUT2D eigenvalue weighted by Crippen LogP contribution is -2.33. The van der Waals surface area contributed by atoms with Crippen molar-refractivity contribution in [3.05, 3.63) is 29.8 Å². The molecule has 0 radical (unpaired) electrons. The van der Waals surface area contributed by atoms with Crippen LogP contribution < -0.4 is 16.2 Å². The molecule has 7 heteroatoms. The topological polar surface area (TPSA) is 114 Å². The van der Waals surface area contributed by atoms with Crippen molar-refractivity contribution in [2.75, 3.05) is 37.7 Å². The summed E-state index contributed by atoms with van der Waals surface area (Å²) >= 11 is 0. The molecule has 0 unspecified atom stereocenters. The molecular weight excluding hydrogens is 316 g/mol. The molecule has 0 spiro atoms. The van der Waals surface area contributed by atoms with Gasteiger partial charge in [-0.05, 0) is 38.1 Å². The zero-order chi connectivity index (χ0) is 17.6. The van der Waals surface area contributed by atoms with Crippen LogP contribution >= 0.6 is 0 Å². The summed E-state index contributed by atoms with van der Waals surface area (Å²) in [4.78, 5) is 10.4. The Balaban J connectivity index is 1.72. The highest BCUT2D eigenvalue weighted by atomic mass is 16.5. The van der Waals surface area contributed by atoms with E-state index in [1.165, 1.54) is 19.3 Å². The van der Waals surface area contributed by atoms with Crippen molar-refractivity contribution in [3.8, 4) is 23.1 Å². The van der Waals surface area contributed by atoms with Gasteiger partial charge in [0.05, 0.1) is 5.69 Å². The van der Waals surface area contributed by atoms with Gasteiger partial charge in [-0.3, -0.25) is 4.90 Å². The third kappa shape index (κ3) is 4.17. The highest BCUT2D eigenvalue weighted by Gasteiger charge is 2.14. The Morgan fingerprint density at radius 1 is 1.16 bits per heavy atom. The van der Waals surface area contributed by atoms with Crippen molar-refractivity contribution in [1.82, 2.24) is 14.9 Å². The molecule has 4 N–H and O–H groups in total. The van der Waals surface area contributed by atoms with E-state index in [0.717, 1.165) is 30.9 Å². The van der Waals surface area contributed by atoms with Gasteiger partial charge in [-0.25, -0.2) is 4.98 Å². The highest BCUT2D eigenvalue weighted by Crippen LogP contribution is 2.28. The number of nitrogen functional groups attached to an aromatic ring is 2. The molecule has 2 heterocycles. The maximum Gasteiger partial charge on any atom is 0.222 e. The smallest absolute Gasteiger partial charge is 0.222 e. The lowest BCUT2D eigenvalue weighted by atomic mass is 10.1. The first-order valence-electron chi connectivity index (χ1n) is 8.46. The summed E-state index contributed by atoms with van der Waals surface area (Å²) in [5, 5.41) is 9.32. The highest BCUT2D eigenvalue weighted by molar-refractivity contribution is 5.73. The number of piperidine rings is 1. The first kappa shape index (κ1) is 17.0. The second-order valence-corrected chi connectivity index (χ2v) is 6.08. The largest absolute Gasteiger partial charge is 0.492 e. The van der Waals surface area contributed by atoms with E-state index in [9.17, 15) is 5.26 Å². The molecule has 0 atom stereocenters. The number of hydrogen-bond donors (Lipinski definition) is 2. The van der Waals surface area contributed by atoms with Gasteiger partial charge in [-0.15, -0.1) is 0 Å². The molecule has 0 amide bonds. The molecule has 0 saturated carbocycles. The lowest BCUT2D eigenvalue weighted by Gasteiger charge is -2.26. The molecule has 1 aliphatic heterocycles. The number of benzene rings is 1. The number of nitrogens with two attached hydrogens (primary N) is 2. The molecule has 25 heavy (non-hydrogen) atoms. The van der Waals surface area contributed by atoms with Crippen molar-refractivity contribution in [1.29, 1.82) is 5.26 Å². The monoisotopic (exact) mass is 338 g/mol. The molecule has 3 rings (SSSR count). The van der Waals surface area contributed by atoms with Crippen molar-refractivity contribution in [2.45, 2.75) is 19.3 Å². The quantitative estimate of drug-likeness (QED) is 0.857. The molecule has 130 valence electrons. The van der Waals surface area contributed by atoms with Crippen molar-refractivity contribution < 1.29 is 4.74 Å². The summed E-state index contributed by atoms with van der Waals surface area (Å²) in [5.41, 5.74) is 12.8. The summed E-state index contributed by atoms with van der Waals surface area (Å²) in [5.74, 6) is 0.860. The van der Waals surface area contributed by atoms with Crippen LogP contribution in [0, 0.1) is 11.3 Å². The first-order valence-corrected chi connectivity index (χ1v) is 8.46. The Hall–Kier alpha value is -2.85. The van der Waals surface area contributed by atoms with Crippen LogP contribution in [-0.4, -0.2) is 41.1 Å². The number of ether oxygens (including phenoxy) is 1. The van der Waals surface area contributed by atoms with Crippen LogP contribution in [0.15, 0.2) is 24.3 Å². The number of hydrogen-bond acceptors (Lipinski definition) is 7. The van der Waals surface area contributed by atoms with Crippen LogP contribution in [0.25, 0.3) is 11.3 Å². The Labute approximate surface area is 147 Å². The van der Waals surface area contributed by atoms with Gasteiger partial charge in [0, 0.05) is 12.1 Å². The van der Waals surface area contributed by atoms with E-state index in [2.05, 4.69) is 14.9 Å². The van der Waals surface area contributed by atoms with Crippen LogP contribution in [0.5, 0.6) is 5.75 Å². The molecular formula is C18H22N6O. The molecule has 0 bridgehead atoms. The minimum absolute atomic E-state index is 0.0444. The van der Waals surface area contributed by atoms with E-state index in [1.54, 1.807) is 0 Å². The average Bonchev–Trinajstić information content (AvgIpc) is 2.62. The second kappa shape index (κ2) is 7.81. The summed E-state index contributed by atoms with van der Waals surface area (Å²) in [6, 6.07) is 9.49. The zero-order valence-corrected chi connectivity index (χ0v) is 14.1. The molecule has 1 fully saturated rings. The third-order valence-electron chi connectivity index (χ3n) is 4.30. The van der Waals surface area contributed by atoms with Gasteiger partial charge in [0.25, 0.3) is 0 Å². The van der Waals surface area contributed by atoms with Gasteiger partial charge in [0.1, 0.15) is 29.8 Å². The third-order valence-corrected chi connectivity index (χ3v) is 4.30. The Bertz CT molecular complexity index is 780. The van der Waals surface area contributed by atoms with Gasteiger partial charge in [0.15, 0.2) is 0 Å².